The molecule has 0 N–H and O–H groups in total. The minimum atomic E-state index is -0.0157. The maximum atomic E-state index is 12.0. The molecule has 0 aromatic carbocycles. The van der Waals surface area contributed by atoms with Crippen LogP contribution < -0.4 is 0 Å². The Balaban J connectivity index is 2.06. The van der Waals surface area contributed by atoms with Gasteiger partial charge in [-0.15, -0.1) is 11.3 Å². The van der Waals surface area contributed by atoms with Crippen LogP contribution in [0.5, 0.6) is 0 Å². The Kier molecular flexibility index (Phi) is 3.49. The molecule has 0 saturated carbocycles. The zero-order chi connectivity index (χ0) is 12.3. The first-order chi connectivity index (χ1) is 8.16. The van der Waals surface area contributed by atoms with Crippen LogP contribution in [0.1, 0.15) is 21.1 Å². The highest BCUT2D eigenvalue weighted by atomic mass is 32.1. The molecule has 17 heavy (non-hydrogen) atoms. The first-order valence-corrected chi connectivity index (χ1v) is 6.11. The molecular formula is C12H13N3OS. The number of amides is 1. The number of hydrogen-bond acceptors (Lipinski definition) is 4. The molecule has 0 radical (unpaired) electrons. The minimum Gasteiger partial charge on any atom is -0.336 e. The average Bonchev–Trinajstić information content (AvgIpc) is 2.75. The monoisotopic (exact) mass is 247 g/mol. The summed E-state index contributed by atoms with van der Waals surface area (Å²) >= 11 is 1.59. The molecule has 2 heterocycles. The lowest BCUT2D eigenvalue weighted by Gasteiger charge is -2.15. The molecule has 5 heteroatoms. The number of pyridine rings is 1. The summed E-state index contributed by atoms with van der Waals surface area (Å²) in [5.41, 5.74) is 1.58. The third-order valence-corrected chi connectivity index (χ3v) is 3.16. The normalized spacial score (nSPS) is 10.2. The highest BCUT2D eigenvalue weighted by Crippen LogP contribution is 2.11. The van der Waals surface area contributed by atoms with Gasteiger partial charge < -0.3 is 4.90 Å². The van der Waals surface area contributed by atoms with Crippen LogP contribution in [0.4, 0.5) is 0 Å². The van der Waals surface area contributed by atoms with Crippen molar-refractivity contribution in [2.24, 2.45) is 0 Å². The van der Waals surface area contributed by atoms with E-state index in [-0.39, 0.29) is 5.91 Å². The quantitative estimate of drug-likeness (QED) is 0.834. The average molecular weight is 247 g/mol. The second-order valence-electron chi connectivity index (χ2n) is 3.75. The zero-order valence-corrected chi connectivity index (χ0v) is 10.6. The number of rotatable bonds is 3. The fourth-order valence-electron chi connectivity index (χ4n) is 1.51. The van der Waals surface area contributed by atoms with Crippen LogP contribution >= 0.6 is 11.3 Å². The molecule has 0 bridgehead atoms. The molecule has 4 nitrogen and oxygen atoms in total. The van der Waals surface area contributed by atoms with Gasteiger partial charge in [0.05, 0.1) is 17.2 Å². The molecule has 2 rings (SSSR count). The predicted molar refractivity (Wildman–Crippen MR) is 66.9 cm³/mol. The van der Waals surface area contributed by atoms with Crippen molar-refractivity contribution in [3.63, 3.8) is 0 Å². The molecule has 0 atom stereocenters. The van der Waals surface area contributed by atoms with Gasteiger partial charge in [0.25, 0.3) is 5.91 Å². The van der Waals surface area contributed by atoms with Crippen LogP contribution in [0.25, 0.3) is 0 Å². The number of carbonyl (C=O) groups excluding carboxylic acids is 1. The van der Waals surface area contributed by atoms with E-state index in [4.69, 9.17) is 0 Å². The van der Waals surface area contributed by atoms with Gasteiger partial charge >= 0.3 is 0 Å². The van der Waals surface area contributed by atoms with Crippen molar-refractivity contribution in [3.8, 4) is 0 Å². The molecule has 0 saturated heterocycles. The smallest absolute Gasteiger partial charge is 0.254 e. The van der Waals surface area contributed by atoms with Crippen LogP contribution in [-0.4, -0.2) is 27.8 Å². The summed E-state index contributed by atoms with van der Waals surface area (Å²) in [7, 11) is 1.78. The molecule has 0 unspecified atom stereocenters. The first-order valence-electron chi connectivity index (χ1n) is 5.23. The summed E-state index contributed by atoms with van der Waals surface area (Å²) in [5, 5.41) is 3.00. The second kappa shape index (κ2) is 5.05. The first kappa shape index (κ1) is 11.7. The highest BCUT2D eigenvalue weighted by Gasteiger charge is 2.12. The standard InChI is InChI=1S/C12H13N3OS/c1-9-14-11(8-17-9)7-15(2)12(16)10-3-5-13-6-4-10/h3-6,8H,7H2,1-2H3. The molecule has 0 spiro atoms. The number of aromatic nitrogens is 2. The summed E-state index contributed by atoms with van der Waals surface area (Å²) in [6, 6.07) is 3.43. The summed E-state index contributed by atoms with van der Waals surface area (Å²) in [5.74, 6) is -0.0157. The van der Waals surface area contributed by atoms with Crippen LogP contribution in [0.2, 0.25) is 0 Å². The topological polar surface area (TPSA) is 46.1 Å². The molecule has 2 aromatic heterocycles. The van der Waals surface area contributed by atoms with E-state index in [9.17, 15) is 4.79 Å². The number of aryl methyl sites for hydroxylation is 1. The van der Waals surface area contributed by atoms with Crippen LogP contribution in [0, 0.1) is 6.92 Å². The third-order valence-electron chi connectivity index (χ3n) is 2.34. The largest absolute Gasteiger partial charge is 0.336 e. The van der Waals surface area contributed by atoms with Gasteiger partial charge in [-0.3, -0.25) is 9.78 Å². The zero-order valence-electron chi connectivity index (χ0n) is 9.75. The number of thiazole rings is 1. The Morgan fingerprint density at radius 2 is 2.12 bits per heavy atom. The summed E-state index contributed by atoms with van der Waals surface area (Å²) < 4.78 is 0. The molecule has 0 aliphatic heterocycles. The molecular weight excluding hydrogens is 234 g/mol. The van der Waals surface area contributed by atoms with Crippen LogP contribution in [-0.2, 0) is 6.54 Å². The van der Waals surface area contributed by atoms with Crippen molar-refractivity contribution in [3.05, 3.63) is 46.2 Å². The highest BCUT2D eigenvalue weighted by molar-refractivity contribution is 7.09. The van der Waals surface area contributed by atoms with E-state index in [1.54, 1.807) is 47.8 Å². The lowest BCUT2D eigenvalue weighted by molar-refractivity contribution is 0.0783. The van der Waals surface area contributed by atoms with Crippen molar-refractivity contribution >= 4 is 17.2 Å². The Labute approximate surface area is 104 Å². The van der Waals surface area contributed by atoms with Gasteiger partial charge in [0.2, 0.25) is 0 Å². The second-order valence-corrected chi connectivity index (χ2v) is 4.82. The van der Waals surface area contributed by atoms with Crippen molar-refractivity contribution in [1.82, 2.24) is 14.9 Å². The molecule has 0 aliphatic rings. The maximum Gasteiger partial charge on any atom is 0.254 e. The van der Waals surface area contributed by atoms with E-state index >= 15 is 0 Å². The van der Waals surface area contributed by atoms with Gasteiger partial charge in [0, 0.05) is 30.4 Å². The minimum absolute atomic E-state index is 0.0157. The van der Waals surface area contributed by atoms with Crippen molar-refractivity contribution in [2.45, 2.75) is 13.5 Å². The number of hydrogen-bond donors (Lipinski definition) is 0. The lowest BCUT2D eigenvalue weighted by Crippen LogP contribution is -2.26. The van der Waals surface area contributed by atoms with Crippen molar-refractivity contribution < 1.29 is 4.79 Å². The summed E-state index contributed by atoms with van der Waals surface area (Å²) in [6.45, 7) is 2.49. The Morgan fingerprint density at radius 3 is 2.71 bits per heavy atom. The van der Waals surface area contributed by atoms with Gasteiger partial charge in [-0.1, -0.05) is 0 Å². The molecule has 0 aliphatic carbocycles. The van der Waals surface area contributed by atoms with E-state index in [1.165, 1.54) is 0 Å². The molecule has 2 aromatic rings. The van der Waals surface area contributed by atoms with Gasteiger partial charge in [-0.05, 0) is 19.1 Å². The summed E-state index contributed by atoms with van der Waals surface area (Å²) in [6.07, 6.45) is 3.24. The Morgan fingerprint density at radius 1 is 1.41 bits per heavy atom. The lowest BCUT2D eigenvalue weighted by atomic mass is 10.2. The third kappa shape index (κ3) is 2.88. The van der Waals surface area contributed by atoms with Crippen molar-refractivity contribution in [2.75, 3.05) is 7.05 Å². The fourth-order valence-corrected chi connectivity index (χ4v) is 2.11. The maximum absolute atomic E-state index is 12.0. The molecule has 1 amide bonds. The van der Waals surface area contributed by atoms with Gasteiger partial charge in [0.15, 0.2) is 0 Å². The summed E-state index contributed by atoms with van der Waals surface area (Å²) in [4.78, 5) is 21.9. The fraction of sp³-hybridized carbons (Fsp3) is 0.250. The van der Waals surface area contributed by atoms with E-state index < -0.39 is 0 Å². The predicted octanol–water partition coefficient (Wildman–Crippen LogP) is 2.12. The van der Waals surface area contributed by atoms with Gasteiger partial charge in [0.1, 0.15) is 0 Å². The molecule has 0 fully saturated rings. The van der Waals surface area contributed by atoms with E-state index in [0.717, 1.165) is 10.7 Å². The number of carbonyl (C=O) groups is 1. The van der Waals surface area contributed by atoms with E-state index in [1.807, 2.05) is 12.3 Å². The SMILES string of the molecule is Cc1nc(CN(C)C(=O)c2ccncc2)cs1. The van der Waals surface area contributed by atoms with Crippen LogP contribution in [0.3, 0.4) is 0 Å². The van der Waals surface area contributed by atoms with Gasteiger partial charge in [-0.25, -0.2) is 4.98 Å². The Bertz CT molecular complexity index is 509. The number of nitrogens with zero attached hydrogens (tertiary/aromatic N) is 3. The Hall–Kier alpha value is -1.75. The van der Waals surface area contributed by atoms with E-state index in [0.29, 0.717) is 12.1 Å². The van der Waals surface area contributed by atoms with Gasteiger partial charge in [-0.2, -0.15) is 0 Å². The van der Waals surface area contributed by atoms with Crippen molar-refractivity contribution in [1.29, 1.82) is 0 Å². The van der Waals surface area contributed by atoms with Crippen LogP contribution in [0.15, 0.2) is 29.9 Å². The molecule has 88 valence electrons. The van der Waals surface area contributed by atoms with E-state index in [2.05, 4.69) is 9.97 Å².